The van der Waals surface area contributed by atoms with Crippen LogP contribution in [0.1, 0.15) is 35.1 Å². The zero-order valence-corrected chi connectivity index (χ0v) is 23.8. The summed E-state index contributed by atoms with van der Waals surface area (Å²) in [6.07, 6.45) is 4.09. The second kappa shape index (κ2) is 9.57. The maximum atomic E-state index is 7.25. The Morgan fingerprint density at radius 1 is 0.738 bits per heavy atom. The minimum absolute atomic E-state index is 0.489. The van der Waals surface area contributed by atoms with Crippen LogP contribution in [0.2, 0.25) is 0 Å². The Labute approximate surface area is 245 Å². The van der Waals surface area contributed by atoms with E-state index >= 15 is 0 Å². The van der Waals surface area contributed by atoms with Gasteiger partial charge < -0.3 is 13.7 Å². The van der Waals surface area contributed by atoms with Crippen molar-refractivity contribution in [3.63, 3.8) is 0 Å². The third kappa shape index (κ3) is 3.36. The molecule has 3 aromatic carbocycles. The van der Waals surface area contributed by atoms with E-state index in [-0.39, 0.29) is 0 Å². The van der Waals surface area contributed by atoms with E-state index in [0.29, 0.717) is 6.61 Å². The van der Waals surface area contributed by atoms with Crippen LogP contribution in [0.15, 0.2) is 128 Å². The van der Waals surface area contributed by atoms with Gasteiger partial charge >= 0.3 is 0 Å². The van der Waals surface area contributed by atoms with Crippen LogP contribution in [-0.4, -0.2) is 14.0 Å². The van der Waals surface area contributed by atoms with Gasteiger partial charge in [0.15, 0.2) is 5.60 Å². The largest absolute Gasteiger partial charge is 0.353 e. The number of hydrogen-bond acceptors (Lipinski definition) is 2. The van der Waals surface area contributed by atoms with Gasteiger partial charge in [-0.05, 0) is 49.2 Å². The Kier molecular flexibility index (Phi) is 5.66. The molecule has 8 rings (SSSR count). The second-order valence-corrected chi connectivity index (χ2v) is 11.0. The third-order valence-corrected chi connectivity index (χ3v) is 8.87. The molecule has 0 bridgehead atoms. The molecule has 0 saturated heterocycles. The summed E-state index contributed by atoms with van der Waals surface area (Å²) in [5.41, 5.74) is 11.6. The van der Waals surface area contributed by atoms with E-state index in [1.54, 1.807) is 0 Å². The van der Waals surface area contributed by atoms with Crippen molar-refractivity contribution in [3.05, 3.63) is 156 Å². The molecule has 0 fully saturated rings. The molecule has 4 nitrogen and oxygen atoms in total. The predicted octanol–water partition coefficient (Wildman–Crippen LogP) is 8.77. The quantitative estimate of drug-likeness (QED) is 0.216. The fourth-order valence-corrected chi connectivity index (χ4v) is 7.24. The summed E-state index contributed by atoms with van der Waals surface area (Å²) in [5.74, 6) is 0. The molecule has 1 atom stereocenters. The lowest BCUT2D eigenvalue weighted by Crippen LogP contribution is -2.32. The molecule has 0 radical (unpaired) electrons. The summed E-state index contributed by atoms with van der Waals surface area (Å²) in [6, 6.07) is 40.9. The number of nitrogens with zero attached hydrogens (tertiary/aromatic N) is 3. The Balaban J connectivity index is 1.62. The van der Waals surface area contributed by atoms with Crippen molar-refractivity contribution in [3.8, 4) is 22.3 Å². The molecule has 5 heterocycles. The van der Waals surface area contributed by atoms with E-state index in [9.17, 15) is 0 Å². The first-order valence-corrected chi connectivity index (χ1v) is 14.6. The molecule has 204 valence electrons. The van der Waals surface area contributed by atoms with Gasteiger partial charge in [0.1, 0.15) is 0 Å². The minimum Gasteiger partial charge on any atom is -0.353 e. The van der Waals surface area contributed by atoms with Crippen LogP contribution >= 0.6 is 0 Å². The molecule has 0 aliphatic carbocycles. The van der Waals surface area contributed by atoms with Crippen LogP contribution < -0.4 is 0 Å². The van der Waals surface area contributed by atoms with E-state index in [1.165, 1.54) is 33.3 Å². The van der Waals surface area contributed by atoms with Crippen molar-refractivity contribution < 1.29 is 4.74 Å². The maximum absolute atomic E-state index is 7.25. The van der Waals surface area contributed by atoms with Crippen LogP contribution in [0.25, 0.3) is 38.7 Å². The molecule has 7 aromatic rings. The molecule has 42 heavy (non-hydrogen) atoms. The van der Waals surface area contributed by atoms with Gasteiger partial charge in [0.25, 0.3) is 0 Å². The van der Waals surface area contributed by atoms with Gasteiger partial charge in [-0.15, -0.1) is 0 Å². The summed E-state index contributed by atoms with van der Waals surface area (Å²) in [6.45, 7) is 5.81. The number of para-hydroxylation sites is 1. The molecule has 0 N–H and O–H groups in total. The molecule has 1 aliphatic heterocycles. The number of fused-ring (bicyclic) bond motifs is 3. The monoisotopic (exact) mass is 545 g/mol. The molecule has 1 aliphatic rings. The first-order chi connectivity index (χ1) is 20.7. The standard InChI is InChI=1S/C38H31N3O/c1-3-40-26(2)35(30-20-10-11-21-31(30)40)38(36-29(25-42-38)19-14-23-39-36)37-34(28-17-8-5-9-18-28)33(27-15-6-4-7-16-27)32-22-12-13-24-41(32)37/h4-24H,3,25H2,1-2H3. The zero-order valence-electron chi connectivity index (χ0n) is 23.8. The molecule has 4 heteroatoms. The highest BCUT2D eigenvalue weighted by molar-refractivity contribution is 5.98. The van der Waals surface area contributed by atoms with Gasteiger partial charge in [-0.25, -0.2) is 0 Å². The van der Waals surface area contributed by atoms with Crippen molar-refractivity contribution in [2.45, 2.75) is 32.6 Å². The van der Waals surface area contributed by atoms with Crippen LogP contribution in [0.5, 0.6) is 0 Å². The van der Waals surface area contributed by atoms with Crippen molar-refractivity contribution >= 4 is 16.4 Å². The average Bonchev–Trinajstić information content (AvgIpc) is 3.69. The number of ether oxygens (including phenoxy) is 1. The first-order valence-electron chi connectivity index (χ1n) is 14.6. The normalized spacial score (nSPS) is 16.3. The SMILES string of the molecule is CCn1c(C)c(C2(c3c(-c4ccccc4)c(-c4ccccc4)c4ccccn34)OCc3cccnc32)c2ccccc21. The fourth-order valence-electron chi connectivity index (χ4n) is 7.24. The summed E-state index contributed by atoms with van der Waals surface area (Å²) >= 11 is 0. The van der Waals surface area contributed by atoms with Gasteiger partial charge in [-0.1, -0.05) is 91.0 Å². The lowest BCUT2D eigenvalue weighted by atomic mass is 9.80. The first kappa shape index (κ1) is 24.8. The molecular formula is C38H31N3O. The lowest BCUT2D eigenvalue weighted by Gasteiger charge is -2.32. The number of aromatic nitrogens is 3. The smallest absolute Gasteiger partial charge is 0.179 e. The molecular weight excluding hydrogens is 514 g/mol. The summed E-state index contributed by atoms with van der Waals surface area (Å²) < 4.78 is 12.0. The number of aryl methyl sites for hydroxylation is 1. The van der Waals surface area contributed by atoms with E-state index in [4.69, 9.17) is 9.72 Å². The van der Waals surface area contributed by atoms with Crippen molar-refractivity contribution in [2.75, 3.05) is 0 Å². The highest BCUT2D eigenvalue weighted by atomic mass is 16.5. The van der Waals surface area contributed by atoms with Gasteiger partial charge in [0.05, 0.1) is 23.5 Å². The number of rotatable bonds is 5. The molecule has 4 aromatic heterocycles. The van der Waals surface area contributed by atoms with Crippen LogP contribution in [0.4, 0.5) is 0 Å². The Bertz CT molecular complexity index is 2090. The maximum Gasteiger partial charge on any atom is 0.179 e. The summed E-state index contributed by atoms with van der Waals surface area (Å²) in [7, 11) is 0. The van der Waals surface area contributed by atoms with E-state index in [2.05, 4.69) is 138 Å². The van der Waals surface area contributed by atoms with Crippen molar-refractivity contribution in [1.82, 2.24) is 14.0 Å². The summed E-state index contributed by atoms with van der Waals surface area (Å²) in [5, 5.41) is 1.20. The number of hydrogen-bond donors (Lipinski definition) is 0. The molecule has 0 saturated carbocycles. The van der Waals surface area contributed by atoms with E-state index < -0.39 is 5.60 Å². The second-order valence-electron chi connectivity index (χ2n) is 11.0. The van der Waals surface area contributed by atoms with Crippen LogP contribution in [0, 0.1) is 6.92 Å². The predicted molar refractivity (Wildman–Crippen MR) is 170 cm³/mol. The Morgan fingerprint density at radius 3 is 2.17 bits per heavy atom. The molecule has 0 amide bonds. The van der Waals surface area contributed by atoms with Crippen molar-refractivity contribution in [2.24, 2.45) is 0 Å². The van der Waals surface area contributed by atoms with Gasteiger partial charge in [0.2, 0.25) is 0 Å². The third-order valence-electron chi connectivity index (χ3n) is 8.87. The van der Waals surface area contributed by atoms with Gasteiger partial charge in [-0.2, -0.15) is 0 Å². The fraction of sp³-hybridized carbons (Fsp3) is 0.132. The minimum atomic E-state index is -0.941. The van der Waals surface area contributed by atoms with E-state index in [1.807, 2.05) is 12.3 Å². The molecule has 1 unspecified atom stereocenters. The van der Waals surface area contributed by atoms with Gasteiger partial charge in [-0.3, -0.25) is 4.98 Å². The van der Waals surface area contributed by atoms with Crippen molar-refractivity contribution in [1.29, 1.82) is 0 Å². The Morgan fingerprint density at radius 2 is 1.40 bits per heavy atom. The number of benzene rings is 3. The highest BCUT2D eigenvalue weighted by Gasteiger charge is 2.51. The van der Waals surface area contributed by atoms with Crippen LogP contribution in [-0.2, 0) is 23.5 Å². The topological polar surface area (TPSA) is 31.5 Å². The summed E-state index contributed by atoms with van der Waals surface area (Å²) in [4.78, 5) is 5.12. The van der Waals surface area contributed by atoms with Crippen LogP contribution in [0.3, 0.4) is 0 Å². The van der Waals surface area contributed by atoms with E-state index in [0.717, 1.165) is 40.1 Å². The molecule has 0 spiro atoms. The Hall–Kier alpha value is -4.93. The number of pyridine rings is 2. The highest BCUT2D eigenvalue weighted by Crippen LogP contribution is 2.55. The lowest BCUT2D eigenvalue weighted by molar-refractivity contribution is 0.0220. The van der Waals surface area contributed by atoms with Gasteiger partial charge in [0, 0.05) is 57.8 Å². The zero-order chi connectivity index (χ0) is 28.3. The average molecular weight is 546 g/mol.